The van der Waals surface area contributed by atoms with Crippen molar-refractivity contribution in [2.75, 3.05) is 6.54 Å². The van der Waals surface area contributed by atoms with Crippen LogP contribution in [-0.2, 0) is 0 Å². The molecule has 1 amide bonds. The Balaban J connectivity index is 2.11. The molecular formula is C12H19N3OS. The fraction of sp³-hybridized carbons (Fsp3) is 0.667. The van der Waals surface area contributed by atoms with Crippen LogP contribution < -0.4 is 11.1 Å². The van der Waals surface area contributed by atoms with Crippen LogP contribution in [0.5, 0.6) is 0 Å². The van der Waals surface area contributed by atoms with Crippen molar-refractivity contribution in [2.45, 2.75) is 38.1 Å². The number of nitrogens with two attached hydrogens (primary N) is 1. The van der Waals surface area contributed by atoms with Gasteiger partial charge in [-0.05, 0) is 18.8 Å². The van der Waals surface area contributed by atoms with Crippen molar-refractivity contribution in [3.63, 3.8) is 0 Å². The summed E-state index contributed by atoms with van der Waals surface area (Å²) in [5, 5.41) is 4.89. The lowest BCUT2D eigenvalue weighted by Gasteiger charge is -2.42. The summed E-state index contributed by atoms with van der Waals surface area (Å²) in [5.41, 5.74) is 7.84. The minimum absolute atomic E-state index is 0.0922. The van der Waals surface area contributed by atoms with Crippen LogP contribution in [0.1, 0.15) is 43.1 Å². The number of carbonyl (C=O) groups excluding carboxylic acids is 1. The van der Waals surface area contributed by atoms with Crippen LogP contribution in [0.2, 0.25) is 0 Å². The molecule has 1 aliphatic carbocycles. The Morgan fingerprint density at radius 3 is 3.12 bits per heavy atom. The van der Waals surface area contributed by atoms with Crippen LogP contribution in [0.15, 0.2) is 10.9 Å². The molecule has 4 nitrogen and oxygen atoms in total. The second kappa shape index (κ2) is 5.14. The first-order valence-corrected chi connectivity index (χ1v) is 7.03. The van der Waals surface area contributed by atoms with Crippen LogP contribution in [-0.4, -0.2) is 23.0 Å². The van der Waals surface area contributed by atoms with Gasteiger partial charge in [-0.3, -0.25) is 4.79 Å². The van der Waals surface area contributed by atoms with Gasteiger partial charge >= 0.3 is 0 Å². The van der Waals surface area contributed by atoms with Crippen molar-refractivity contribution in [2.24, 2.45) is 11.7 Å². The van der Waals surface area contributed by atoms with E-state index in [-0.39, 0.29) is 11.4 Å². The van der Waals surface area contributed by atoms with E-state index in [1.165, 1.54) is 17.8 Å². The number of amides is 1. The number of thiazole rings is 1. The van der Waals surface area contributed by atoms with E-state index in [0.29, 0.717) is 18.2 Å². The number of rotatable bonds is 3. The van der Waals surface area contributed by atoms with Crippen molar-refractivity contribution in [1.82, 2.24) is 10.3 Å². The SMILES string of the molecule is CC1CCCCC1(CN)NC(=O)c1cscn1. The predicted molar refractivity (Wildman–Crippen MR) is 69.0 cm³/mol. The zero-order valence-corrected chi connectivity index (χ0v) is 10.9. The molecule has 5 heteroatoms. The van der Waals surface area contributed by atoms with Gasteiger partial charge in [-0.25, -0.2) is 4.98 Å². The van der Waals surface area contributed by atoms with Gasteiger partial charge in [-0.1, -0.05) is 19.8 Å². The summed E-state index contributed by atoms with van der Waals surface area (Å²) in [4.78, 5) is 16.1. The molecule has 0 bridgehead atoms. The summed E-state index contributed by atoms with van der Waals surface area (Å²) in [6.07, 6.45) is 4.48. The second-order valence-electron chi connectivity index (χ2n) is 4.83. The molecule has 94 valence electrons. The quantitative estimate of drug-likeness (QED) is 0.863. The largest absolute Gasteiger partial charge is 0.344 e. The first-order chi connectivity index (χ1) is 8.18. The number of nitrogens with one attached hydrogen (secondary N) is 1. The summed E-state index contributed by atoms with van der Waals surface area (Å²) in [6, 6.07) is 0. The Kier molecular flexibility index (Phi) is 3.79. The summed E-state index contributed by atoms with van der Waals surface area (Å²) in [5.74, 6) is 0.342. The number of hydrogen-bond acceptors (Lipinski definition) is 4. The molecule has 2 atom stereocenters. The van der Waals surface area contributed by atoms with Gasteiger partial charge in [0, 0.05) is 11.9 Å². The van der Waals surface area contributed by atoms with Gasteiger partial charge in [0.1, 0.15) is 5.69 Å². The monoisotopic (exact) mass is 253 g/mol. The molecule has 17 heavy (non-hydrogen) atoms. The molecule has 1 aliphatic rings. The topological polar surface area (TPSA) is 68.0 Å². The van der Waals surface area contributed by atoms with Crippen LogP contribution in [0.4, 0.5) is 0 Å². The predicted octanol–water partition coefficient (Wildman–Crippen LogP) is 1.78. The molecule has 0 spiro atoms. The standard InChI is InChI=1S/C12H19N3OS/c1-9-4-2-3-5-12(9,7-13)15-11(16)10-6-17-8-14-10/h6,8-9H,2-5,7,13H2,1H3,(H,15,16). The van der Waals surface area contributed by atoms with Crippen LogP contribution in [0.3, 0.4) is 0 Å². The summed E-state index contributed by atoms with van der Waals surface area (Å²) in [7, 11) is 0. The van der Waals surface area contributed by atoms with E-state index in [4.69, 9.17) is 5.73 Å². The highest BCUT2D eigenvalue weighted by molar-refractivity contribution is 7.07. The van der Waals surface area contributed by atoms with E-state index >= 15 is 0 Å². The Labute approximate surface area is 106 Å². The first kappa shape index (κ1) is 12.5. The Morgan fingerprint density at radius 1 is 1.71 bits per heavy atom. The molecular weight excluding hydrogens is 234 g/mol. The Morgan fingerprint density at radius 2 is 2.53 bits per heavy atom. The molecule has 2 unspecified atom stereocenters. The zero-order chi connectivity index (χ0) is 12.3. The van der Waals surface area contributed by atoms with E-state index < -0.39 is 0 Å². The third-order valence-corrected chi connectivity index (χ3v) is 4.43. The maximum Gasteiger partial charge on any atom is 0.271 e. The third kappa shape index (κ3) is 2.50. The maximum absolute atomic E-state index is 12.1. The molecule has 1 fully saturated rings. The highest BCUT2D eigenvalue weighted by Gasteiger charge is 2.38. The van der Waals surface area contributed by atoms with Crippen molar-refractivity contribution in [3.05, 3.63) is 16.6 Å². The van der Waals surface area contributed by atoms with E-state index in [9.17, 15) is 4.79 Å². The molecule has 1 aromatic heterocycles. The van der Waals surface area contributed by atoms with Gasteiger partial charge in [-0.2, -0.15) is 0 Å². The highest BCUT2D eigenvalue weighted by Crippen LogP contribution is 2.33. The second-order valence-corrected chi connectivity index (χ2v) is 5.55. The Hall–Kier alpha value is -0.940. The van der Waals surface area contributed by atoms with Crippen molar-refractivity contribution in [1.29, 1.82) is 0 Å². The number of hydrogen-bond donors (Lipinski definition) is 2. The number of nitrogens with zero attached hydrogens (tertiary/aromatic N) is 1. The van der Waals surface area contributed by atoms with Crippen LogP contribution in [0, 0.1) is 5.92 Å². The lowest BCUT2D eigenvalue weighted by Crippen LogP contribution is -2.59. The highest BCUT2D eigenvalue weighted by atomic mass is 32.1. The van der Waals surface area contributed by atoms with Gasteiger partial charge in [0.05, 0.1) is 11.0 Å². The molecule has 1 aromatic rings. The lowest BCUT2D eigenvalue weighted by atomic mass is 9.73. The molecule has 1 heterocycles. The molecule has 0 aromatic carbocycles. The van der Waals surface area contributed by atoms with Gasteiger partial charge in [-0.15, -0.1) is 11.3 Å². The minimum Gasteiger partial charge on any atom is -0.344 e. The van der Waals surface area contributed by atoms with Gasteiger partial charge in [0.2, 0.25) is 0 Å². The summed E-state index contributed by atoms with van der Waals surface area (Å²) >= 11 is 1.43. The first-order valence-electron chi connectivity index (χ1n) is 6.09. The summed E-state index contributed by atoms with van der Waals surface area (Å²) < 4.78 is 0. The number of carbonyl (C=O) groups is 1. The molecule has 0 aliphatic heterocycles. The third-order valence-electron chi connectivity index (χ3n) is 3.85. The van der Waals surface area contributed by atoms with Crippen molar-refractivity contribution >= 4 is 17.2 Å². The van der Waals surface area contributed by atoms with E-state index in [1.807, 2.05) is 0 Å². The molecule has 3 N–H and O–H groups in total. The average Bonchev–Trinajstić information content (AvgIpc) is 2.86. The molecule has 1 saturated carbocycles. The number of aromatic nitrogens is 1. The smallest absolute Gasteiger partial charge is 0.271 e. The maximum atomic E-state index is 12.1. The Bertz CT molecular complexity index is 379. The van der Waals surface area contributed by atoms with Crippen molar-refractivity contribution < 1.29 is 4.79 Å². The molecule has 0 radical (unpaired) electrons. The van der Waals surface area contributed by atoms with Gasteiger partial charge in [0.25, 0.3) is 5.91 Å². The van der Waals surface area contributed by atoms with Crippen LogP contribution >= 0.6 is 11.3 Å². The van der Waals surface area contributed by atoms with Gasteiger partial charge in [0.15, 0.2) is 0 Å². The fourth-order valence-electron chi connectivity index (χ4n) is 2.57. The lowest BCUT2D eigenvalue weighted by molar-refractivity contribution is 0.0808. The minimum atomic E-state index is -0.237. The van der Waals surface area contributed by atoms with E-state index in [1.54, 1.807) is 10.9 Å². The molecule has 2 rings (SSSR count). The molecule has 0 saturated heterocycles. The van der Waals surface area contributed by atoms with E-state index in [2.05, 4.69) is 17.2 Å². The van der Waals surface area contributed by atoms with E-state index in [0.717, 1.165) is 19.3 Å². The zero-order valence-electron chi connectivity index (χ0n) is 10.1. The fourth-order valence-corrected chi connectivity index (χ4v) is 3.10. The van der Waals surface area contributed by atoms with Gasteiger partial charge < -0.3 is 11.1 Å². The van der Waals surface area contributed by atoms with Crippen LogP contribution in [0.25, 0.3) is 0 Å². The summed E-state index contributed by atoms with van der Waals surface area (Å²) in [6.45, 7) is 2.68. The average molecular weight is 253 g/mol. The van der Waals surface area contributed by atoms with Crippen molar-refractivity contribution in [3.8, 4) is 0 Å². The normalized spacial score (nSPS) is 28.9.